The molecular formula is C23H28O3. The number of Topliss-reactive ketones (excluding diaryl/α,β-unsaturated/α-hetero) is 1. The number of aliphatic carboxylic acids is 1. The summed E-state index contributed by atoms with van der Waals surface area (Å²) < 4.78 is 0. The van der Waals surface area contributed by atoms with Crippen molar-refractivity contribution in [3.05, 3.63) is 71.3 Å². The van der Waals surface area contributed by atoms with Crippen molar-refractivity contribution in [2.45, 2.75) is 51.9 Å². The molecule has 26 heavy (non-hydrogen) atoms. The third-order valence-corrected chi connectivity index (χ3v) is 4.77. The fraction of sp³-hybridized carbons (Fsp3) is 0.391. The Kier molecular flexibility index (Phi) is 8.07. The van der Waals surface area contributed by atoms with Crippen molar-refractivity contribution in [1.82, 2.24) is 0 Å². The molecule has 3 nitrogen and oxygen atoms in total. The molecule has 0 saturated carbocycles. The van der Waals surface area contributed by atoms with Gasteiger partial charge in [-0.2, -0.15) is 0 Å². The molecule has 0 aromatic heterocycles. The van der Waals surface area contributed by atoms with E-state index in [1.165, 1.54) is 5.56 Å². The smallest absolute Gasteiger partial charge is 0.303 e. The summed E-state index contributed by atoms with van der Waals surface area (Å²) in [6, 6.07) is 18.4. The molecule has 2 rings (SSSR count). The fourth-order valence-electron chi connectivity index (χ4n) is 3.31. The van der Waals surface area contributed by atoms with E-state index in [0.717, 1.165) is 36.8 Å². The molecule has 0 aliphatic heterocycles. The van der Waals surface area contributed by atoms with E-state index in [2.05, 4.69) is 18.2 Å². The van der Waals surface area contributed by atoms with Gasteiger partial charge in [0.15, 0.2) is 0 Å². The molecule has 2 aromatic carbocycles. The highest BCUT2D eigenvalue weighted by molar-refractivity contribution is 5.81. The second-order valence-electron chi connectivity index (χ2n) is 6.81. The largest absolute Gasteiger partial charge is 0.481 e. The van der Waals surface area contributed by atoms with Crippen LogP contribution in [0.1, 0.15) is 49.3 Å². The van der Waals surface area contributed by atoms with Crippen LogP contribution < -0.4 is 0 Å². The van der Waals surface area contributed by atoms with Crippen molar-refractivity contribution >= 4 is 11.8 Å². The number of carboxylic acids is 1. The molecule has 0 amide bonds. The third-order valence-electron chi connectivity index (χ3n) is 4.77. The third kappa shape index (κ3) is 6.83. The van der Waals surface area contributed by atoms with Crippen molar-refractivity contribution in [3.63, 3.8) is 0 Å². The van der Waals surface area contributed by atoms with Crippen molar-refractivity contribution in [1.29, 1.82) is 0 Å². The van der Waals surface area contributed by atoms with E-state index in [-0.39, 0.29) is 12.3 Å². The van der Waals surface area contributed by atoms with Gasteiger partial charge >= 0.3 is 5.97 Å². The number of carbonyl (C=O) groups excluding carboxylic acids is 1. The topological polar surface area (TPSA) is 54.4 Å². The van der Waals surface area contributed by atoms with Crippen LogP contribution in [0.15, 0.2) is 54.6 Å². The first kappa shape index (κ1) is 19.9. The van der Waals surface area contributed by atoms with Gasteiger partial charge in [-0.25, -0.2) is 0 Å². The minimum Gasteiger partial charge on any atom is -0.481 e. The first-order valence-corrected chi connectivity index (χ1v) is 9.44. The van der Waals surface area contributed by atoms with Crippen molar-refractivity contribution in [2.24, 2.45) is 5.92 Å². The van der Waals surface area contributed by atoms with Gasteiger partial charge in [-0.15, -0.1) is 0 Å². The standard InChI is InChI=1S/C23H28O3/c1-2-22(24)21(13-7-10-18-8-4-3-5-9-18)17-20-12-6-11-19(16-20)14-15-23(25)26/h3-6,8-9,11-12,16,21H,2,7,10,13-15,17H2,1H3,(H,25,26). The first-order chi connectivity index (χ1) is 12.6. The summed E-state index contributed by atoms with van der Waals surface area (Å²) in [4.78, 5) is 23.1. The van der Waals surface area contributed by atoms with Crippen LogP contribution in [0.5, 0.6) is 0 Å². The molecule has 1 N–H and O–H groups in total. The lowest BCUT2D eigenvalue weighted by atomic mass is 9.88. The molecule has 138 valence electrons. The summed E-state index contributed by atoms with van der Waals surface area (Å²) in [5.41, 5.74) is 3.46. The Balaban J connectivity index is 1.95. The van der Waals surface area contributed by atoms with E-state index in [4.69, 9.17) is 5.11 Å². The summed E-state index contributed by atoms with van der Waals surface area (Å²) in [5, 5.41) is 8.84. The van der Waals surface area contributed by atoms with Crippen molar-refractivity contribution < 1.29 is 14.7 Å². The van der Waals surface area contributed by atoms with Gasteiger partial charge in [0.25, 0.3) is 0 Å². The quantitative estimate of drug-likeness (QED) is 0.628. The lowest BCUT2D eigenvalue weighted by molar-refractivity contribution is -0.137. The lowest BCUT2D eigenvalue weighted by Gasteiger charge is -2.16. The number of carboxylic acid groups (broad SMARTS) is 1. The number of carbonyl (C=O) groups is 2. The molecule has 0 aliphatic carbocycles. The van der Waals surface area contributed by atoms with Gasteiger partial charge < -0.3 is 5.11 Å². The number of benzene rings is 2. The molecule has 1 atom stereocenters. The minimum atomic E-state index is -0.782. The molecule has 0 saturated heterocycles. The average Bonchev–Trinajstić information content (AvgIpc) is 2.66. The maximum atomic E-state index is 12.4. The second kappa shape index (κ2) is 10.5. The van der Waals surface area contributed by atoms with Crippen LogP contribution in [0.2, 0.25) is 0 Å². The van der Waals surface area contributed by atoms with E-state index in [1.54, 1.807) is 0 Å². The first-order valence-electron chi connectivity index (χ1n) is 9.44. The Morgan fingerprint density at radius 2 is 1.62 bits per heavy atom. The van der Waals surface area contributed by atoms with Crippen LogP contribution in [-0.2, 0) is 28.9 Å². The lowest BCUT2D eigenvalue weighted by Crippen LogP contribution is -2.17. The highest BCUT2D eigenvalue weighted by Gasteiger charge is 2.17. The van der Waals surface area contributed by atoms with Crippen LogP contribution in [0.4, 0.5) is 0 Å². The van der Waals surface area contributed by atoms with Gasteiger partial charge in [-0.05, 0) is 48.8 Å². The molecule has 0 radical (unpaired) electrons. The van der Waals surface area contributed by atoms with Crippen LogP contribution >= 0.6 is 0 Å². The normalized spacial score (nSPS) is 11.9. The monoisotopic (exact) mass is 352 g/mol. The molecule has 1 unspecified atom stereocenters. The highest BCUT2D eigenvalue weighted by Crippen LogP contribution is 2.20. The van der Waals surface area contributed by atoms with Gasteiger partial charge in [-0.1, -0.05) is 61.5 Å². The number of hydrogen-bond donors (Lipinski definition) is 1. The highest BCUT2D eigenvalue weighted by atomic mass is 16.4. The summed E-state index contributed by atoms with van der Waals surface area (Å²) in [7, 11) is 0. The Morgan fingerprint density at radius 1 is 0.923 bits per heavy atom. The summed E-state index contributed by atoms with van der Waals surface area (Å²) in [6.07, 6.45) is 4.85. The average molecular weight is 352 g/mol. The zero-order valence-electron chi connectivity index (χ0n) is 15.5. The minimum absolute atomic E-state index is 0.0402. The van der Waals surface area contributed by atoms with Crippen LogP contribution in [-0.4, -0.2) is 16.9 Å². The van der Waals surface area contributed by atoms with Crippen LogP contribution in [0, 0.1) is 5.92 Å². The fourth-order valence-corrected chi connectivity index (χ4v) is 3.31. The SMILES string of the molecule is CCC(=O)C(CCCc1ccccc1)Cc1cccc(CCC(=O)O)c1. The van der Waals surface area contributed by atoms with E-state index in [9.17, 15) is 9.59 Å². The maximum Gasteiger partial charge on any atom is 0.303 e. The predicted molar refractivity (Wildman–Crippen MR) is 104 cm³/mol. The number of rotatable bonds is 11. The zero-order chi connectivity index (χ0) is 18.8. The molecule has 0 heterocycles. The maximum absolute atomic E-state index is 12.4. The Hall–Kier alpha value is -2.42. The second-order valence-corrected chi connectivity index (χ2v) is 6.81. The summed E-state index contributed by atoms with van der Waals surface area (Å²) in [6.45, 7) is 1.93. The van der Waals surface area contributed by atoms with Crippen LogP contribution in [0.3, 0.4) is 0 Å². The number of aryl methyl sites for hydroxylation is 2. The predicted octanol–water partition coefficient (Wildman–Crippen LogP) is 4.86. The molecule has 0 aliphatic rings. The van der Waals surface area contributed by atoms with E-state index in [0.29, 0.717) is 18.6 Å². The van der Waals surface area contributed by atoms with Gasteiger partial charge in [0.05, 0.1) is 0 Å². The molecule has 2 aromatic rings. The van der Waals surface area contributed by atoms with Crippen molar-refractivity contribution in [3.8, 4) is 0 Å². The number of ketones is 1. The van der Waals surface area contributed by atoms with Crippen molar-refractivity contribution in [2.75, 3.05) is 0 Å². The Labute approximate surface area is 156 Å². The Morgan fingerprint density at radius 3 is 2.31 bits per heavy atom. The molecule has 0 bridgehead atoms. The van der Waals surface area contributed by atoms with E-state index >= 15 is 0 Å². The van der Waals surface area contributed by atoms with E-state index in [1.807, 2.05) is 43.3 Å². The zero-order valence-corrected chi connectivity index (χ0v) is 15.5. The van der Waals surface area contributed by atoms with E-state index < -0.39 is 5.97 Å². The molecule has 0 spiro atoms. The molecular weight excluding hydrogens is 324 g/mol. The molecule has 3 heteroatoms. The number of hydrogen-bond acceptors (Lipinski definition) is 2. The summed E-state index contributed by atoms with van der Waals surface area (Å²) >= 11 is 0. The van der Waals surface area contributed by atoms with Gasteiger partial charge in [0, 0.05) is 18.8 Å². The van der Waals surface area contributed by atoms with Crippen LogP contribution in [0.25, 0.3) is 0 Å². The van der Waals surface area contributed by atoms with Gasteiger partial charge in [0.1, 0.15) is 5.78 Å². The molecule has 0 fully saturated rings. The van der Waals surface area contributed by atoms with Gasteiger partial charge in [0.2, 0.25) is 0 Å². The summed E-state index contributed by atoms with van der Waals surface area (Å²) in [5.74, 6) is -0.428. The van der Waals surface area contributed by atoms with Gasteiger partial charge in [-0.3, -0.25) is 9.59 Å². The Bertz CT molecular complexity index is 706.